The molecule has 3 heteroatoms. The average Bonchev–Trinajstić information content (AvgIpc) is 2.12. The molecule has 3 nitrogen and oxygen atoms in total. The molecule has 1 fully saturated rings. The smallest absolute Gasteiger partial charge is 0.337 e. The molecule has 0 amide bonds. The molecule has 2 rings (SSSR count). The maximum Gasteiger partial charge on any atom is 0.337 e. The lowest BCUT2D eigenvalue weighted by atomic mass is 9.92. The normalized spacial score (nSPS) is 15.8. The van der Waals surface area contributed by atoms with E-state index in [-0.39, 0.29) is 0 Å². The Bertz CT molecular complexity index is 383. The van der Waals surface area contributed by atoms with Gasteiger partial charge in [-0.15, -0.1) is 0 Å². The van der Waals surface area contributed by atoms with Crippen molar-refractivity contribution in [2.24, 2.45) is 0 Å². The molecule has 1 aromatic rings. The summed E-state index contributed by atoms with van der Waals surface area (Å²) in [5, 5.41) is 12.3. The van der Waals surface area contributed by atoms with Crippen molar-refractivity contribution in [3.05, 3.63) is 29.3 Å². The minimum atomic E-state index is -0.861. The molecule has 0 saturated heterocycles. The SMILES string of the molecule is Cc1ccc(NC2CCC2)c(C(=O)O)c1. The maximum atomic E-state index is 11.0. The Morgan fingerprint density at radius 1 is 1.47 bits per heavy atom. The molecule has 0 unspecified atom stereocenters. The Morgan fingerprint density at radius 2 is 2.20 bits per heavy atom. The lowest BCUT2D eigenvalue weighted by molar-refractivity contribution is 0.0697. The number of anilines is 1. The maximum absolute atomic E-state index is 11.0. The summed E-state index contributed by atoms with van der Waals surface area (Å²) >= 11 is 0. The second-order valence-corrected chi connectivity index (χ2v) is 4.13. The minimum absolute atomic E-state index is 0.377. The molecule has 0 bridgehead atoms. The number of hydrogen-bond acceptors (Lipinski definition) is 2. The van der Waals surface area contributed by atoms with Gasteiger partial charge in [-0.3, -0.25) is 0 Å². The van der Waals surface area contributed by atoms with E-state index in [0.29, 0.717) is 11.6 Å². The Kier molecular flexibility index (Phi) is 2.62. The van der Waals surface area contributed by atoms with Gasteiger partial charge in [0.2, 0.25) is 0 Å². The Balaban J connectivity index is 2.23. The lowest BCUT2D eigenvalue weighted by Gasteiger charge is -2.28. The van der Waals surface area contributed by atoms with E-state index in [4.69, 9.17) is 5.11 Å². The van der Waals surface area contributed by atoms with Crippen LogP contribution in [0.15, 0.2) is 18.2 Å². The zero-order chi connectivity index (χ0) is 10.8. The van der Waals surface area contributed by atoms with Crippen LogP contribution in [-0.4, -0.2) is 17.1 Å². The van der Waals surface area contributed by atoms with E-state index in [0.717, 1.165) is 24.1 Å². The van der Waals surface area contributed by atoms with Crippen molar-refractivity contribution in [2.75, 3.05) is 5.32 Å². The van der Waals surface area contributed by atoms with Gasteiger partial charge in [0.05, 0.1) is 5.56 Å². The van der Waals surface area contributed by atoms with Crippen LogP contribution in [0.4, 0.5) is 5.69 Å². The van der Waals surface area contributed by atoms with Crippen molar-refractivity contribution >= 4 is 11.7 Å². The molecule has 0 aromatic heterocycles. The molecule has 0 aliphatic heterocycles. The van der Waals surface area contributed by atoms with Crippen molar-refractivity contribution in [1.82, 2.24) is 0 Å². The third kappa shape index (κ3) is 2.12. The molecule has 2 N–H and O–H groups in total. The number of benzene rings is 1. The molecular formula is C12H15NO2. The third-order valence-electron chi connectivity index (χ3n) is 2.87. The number of aromatic carboxylic acids is 1. The summed E-state index contributed by atoms with van der Waals surface area (Å²) in [5.74, 6) is -0.861. The zero-order valence-electron chi connectivity index (χ0n) is 8.79. The van der Waals surface area contributed by atoms with Gasteiger partial charge >= 0.3 is 5.97 Å². The van der Waals surface area contributed by atoms with Crippen molar-refractivity contribution in [3.63, 3.8) is 0 Å². The summed E-state index contributed by atoms with van der Waals surface area (Å²) in [6, 6.07) is 5.97. The van der Waals surface area contributed by atoms with Crippen LogP contribution in [0.5, 0.6) is 0 Å². The van der Waals surface area contributed by atoms with Gasteiger partial charge in [-0.2, -0.15) is 0 Å². The van der Waals surface area contributed by atoms with Crippen LogP contribution < -0.4 is 5.32 Å². The van der Waals surface area contributed by atoms with E-state index < -0.39 is 5.97 Å². The second-order valence-electron chi connectivity index (χ2n) is 4.13. The van der Waals surface area contributed by atoms with Crippen LogP contribution in [0.2, 0.25) is 0 Å². The van der Waals surface area contributed by atoms with E-state index in [2.05, 4.69) is 5.32 Å². The minimum Gasteiger partial charge on any atom is -0.478 e. The molecule has 1 aliphatic carbocycles. The Labute approximate surface area is 89.1 Å². The van der Waals surface area contributed by atoms with Crippen LogP contribution in [0.1, 0.15) is 35.2 Å². The topological polar surface area (TPSA) is 49.3 Å². The van der Waals surface area contributed by atoms with Crippen LogP contribution in [0, 0.1) is 6.92 Å². The fourth-order valence-corrected chi connectivity index (χ4v) is 1.73. The highest BCUT2D eigenvalue weighted by atomic mass is 16.4. The summed E-state index contributed by atoms with van der Waals surface area (Å²) < 4.78 is 0. The van der Waals surface area contributed by atoms with Crippen molar-refractivity contribution in [2.45, 2.75) is 32.2 Å². The quantitative estimate of drug-likeness (QED) is 0.797. The number of nitrogens with one attached hydrogen (secondary N) is 1. The summed E-state index contributed by atoms with van der Waals surface area (Å²) in [4.78, 5) is 11.0. The highest BCUT2D eigenvalue weighted by Crippen LogP contribution is 2.25. The van der Waals surface area contributed by atoms with Gasteiger partial charge in [-0.05, 0) is 38.3 Å². The molecule has 0 heterocycles. The largest absolute Gasteiger partial charge is 0.478 e. The zero-order valence-corrected chi connectivity index (χ0v) is 8.79. The first kappa shape index (κ1) is 10.0. The molecule has 0 atom stereocenters. The summed E-state index contributed by atoms with van der Waals surface area (Å²) in [6.07, 6.45) is 3.53. The molecule has 0 radical (unpaired) electrons. The predicted octanol–water partition coefficient (Wildman–Crippen LogP) is 2.66. The first-order chi connectivity index (χ1) is 7.16. The number of carbonyl (C=O) groups is 1. The first-order valence-corrected chi connectivity index (χ1v) is 5.27. The predicted molar refractivity (Wildman–Crippen MR) is 59.4 cm³/mol. The number of aryl methyl sites for hydroxylation is 1. The van der Waals surface area contributed by atoms with Gasteiger partial charge in [0.15, 0.2) is 0 Å². The average molecular weight is 205 g/mol. The summed E-state index contributed by atoms with van der Waals surface area (Å²) in [7, 11) is 0. The van der Waals surface area contributed by atoms with Crippen LogP contribution in [0.25, 0.3) is 0 Å². The van der Waals surface area contributed by atoms with Crippen LogP contribution >= 0.6 is 0 Å². The van der Waals surface area contributed by atoms with Gasteiger partial charge in [-0.25, -0.2) is 4.79 Å². The van der Waals surface area contributed by atoms with Crippen molar-refractivity contribution in [3.8, 4) is 0 Å². The molecule has 15 heavy (non-hydrogen) atoms. The second kappa shape index (κ2) is 3.93. The number of hydrogen-bond donors (Lipinski definition) is 2. The highest BCUT2D eigenvalue weighted by molar-refractivity contribution is 5.94. The molecule has 1 saturated carbocycles. The van der Waals surface area contributed by atoms with Gasteiger partial charge < -0.3 is 10.4 Å². The van der Waals surface area contributed by atoms with Crippen LogP contribution in [-0.2, 0) is 0 Å². The summed E-state index contributed by atoms with van der Waals surface area (Å²) in [6.45, 7) is 1.90. The van der Waals surface area contributed by atoms with Gasteiger partial charge in [0.25, 0.3) is 0 Å². The van der Waals surface area contributed by atoms with Crippen LogP contribution in [0.3, 0.4) is 0 Å². The fourth-order valence-electron chi connectivity index (χ4n) is 1.73. The molecule has 1 aromatic carbocycles. The lowest BCUT2D eigenvalue weighted by Crippen LogP contribution is -2.27. The third-order valence-corrected chi connectivity index (χ3v) is 2.87. The molecular weight excluding hydrogens is 190 g/mol. The van der Waals surface area contributed by atoms with Gasteiger partial charge in [0.1, 0.15) is 0 Å². The van der Waals surface area contributed by atoms with Crippen molar-refractivity contribution < 1.29 is 9.90 Å². The molecule has 80 valence electrons. The van der Waals surface area contributed by atoms with E-state index in [1.807, 2.05) is 19.1 Å². The highest BCUT2D eigenvalue weighted by Gasteiger charge is 2.19. The van der Waals surface area contributed by atoms with Crippen molar-refractivity contribution in [1.29, 1.82) is 0 Å². The van der Waals surface area contributed by atoms with Gasteiger partial charge in [0, 0.05) is 11.7 Å². The monoisotopic (exact) mass is 205 g/mol. The molecule has 1 aliphatic rings. The number of carboxylic acid groups (broad SMARTS) is 1. The van der Waals surface area contributed by atoms with Gasteiger partial charge in [-0.1, -0.05) is 11.6 Å². The van der Waals surface area contributed by atoms with E-state index >= 15 is 0 Å². The Hall–Kier alpha value is -1.51. The standard InChI is InChI=1S/C12H15NO2/c1-8-5-6-11(10(7-8)12(14)15)13-9-3-2-4-9/h5-7,9,13H,2-4H2,1H3,(H,14,15). The summed E-state index contributed by atoms with van der Waals surface area (Å²) in [5.41, 5.74) is 2.10. The Morgan fingerprint density at radius 3 is 2.73 bits per heavy atom. The fraction of sp³-hybridized carbons (Fsp3) is 0.417. The molecule has 0 spiro atoms. The van der Waals surface area contributed by atoms with E-state index in [1.54, 1.807) is 6.07 Å². The number of rotatable bonds is 3. The van der Waals surface area contributed by atoms with E-state index in [9.17, 15) is 4.79 Å². The number of carboxylic acids is 1. The van der Waals surface area contributed by atoms with E-state index in [1.165, 1.54) is 6.42 Å². The first-order valence-electron chi connectivity index (χ1n) is 5.27.